The Bertz CT molecular complexity index is 948. The van der Waals surface area contributed by atoms with Crippen LogP contribution in [0.3, 0.4) is 0 Å². The van der Waals surface area contributed by atoms with Crippen LogP contribution in [-0.4, -0.2) is 0 Å². The number of rotatable bonds is 13. The van der Waals surface area contributed by atoms with Gasteiger partial charge in [-0.15, -0.1) is 0 Å². The zero-order valence-electron chi connectivity index (χ0n) is 24.3. The van der Waals surface area contributed by atoms with Crippen molar-refractivity contribution in [3.8, 4) is 11.1 Å². The van der Waals surface area contributed by atoms with Gasteiger partial charge in [0, 0.05) is 5.56 Å². The topological polar surface area (TPSA) is 0 Å². The first-order valence-corrected chi connectivity index (χ1v) is 16.5. The number of halogens is 2. The molecule has 0 aromatic heterocycles. The Labute approximate surface area is 238 Å². The van der Waals surface area contributed by atoms with Crippen LogP contribution in [0.2, 0.25) is 5.02 Å². The predicted octanol–water partition coefficient (Wildman–Crippen LogP) is 12.0. The number of hydrogen-bond acceptors (Lipinski definition) is 0. The van der Waals surface area contributed by atoms with Gasteiger partial charge in [0.05, 0.1) is 5.02 Å². The lowest BCUT2D eigenvalue weighted by Gasteiger charge is -2.38. The lowest BCUT2D eigenvalue weighted by Crippen LogP contribution is -2.26. The molecule has 210 valence electrons. The molecule has 2 aromatic rings. The zero-order chi connectivity index (χ0) is 26.7. The predicted molar refractivity (Wildman–Crippen MR) is 163 cm³/mol. The molecule has 0 heterocycles. The second kappa shape index (κ2) is 15.4. The molecule has 2 aliphatic carbocycles. The summed E-state index contributed by atoms with van der Waals surface area (Å²) in [5.41, 5.74) is 3.81. The molecule has 2 aliphatic rings. The van der Waals surface area contributed by atoms with E-state index in [0.717, 1.165) is 54.1 Å². The number of aryl methyl sites for hydroxylation is 2. The summed E-state index contributed by atoms with van der Waals surface area (Å²) in [6, 6.07) is 12.4. The van der Waals surface area contributed by atoms with Crippen LogP contribution >= 0.6 is 11.6 Å². The monoisotopic (exact) mass is 538 g/mol. The minimum atomic E-state index is -0.280. The van der Waals surface area contributed by atoms with Gasteiger partial charge < -0.3 is 0 Å². The molecular formula is C36H52ClF. The van der Waals surface area contributed by atoms with Crippen molar-refractivity contribution in [2.45, 2.75) is 129 Å². The van der Waals surface area contributed by atoms with Crippen LogP contribution in [0.5, 0.6) is 0 Å². The highest BCUT2D eigenvalue weighted by molar-refractivity contribution is 6.31. The van der Waals surface area contributed by atoms with E-state index >= 15 is 0 Å². The highest BCUT2D eigenvalue weighted by Crippen LogP contribution is 2.43. The van der Waals surface area contributed by atoms with Crippen molar-refractivity contribution in [2.24, 2.45) is 23.7 Å². The fourth-order valence-corrected chi connectivity index (χ4v) is 7.69. The minimum Gasteiger partial charge on any atom is -0.205 e. The van der Waals surface area contributed by atoms with Crippen molar-refractivity contribution < 1.29 is 4.39 Å². The molecular weight excluding hydrogens is 487 g/mol. The summed E-state index contributed by atoms with van der Waals surface area (Å²) >= 11 is 6.32. The summed E-state index contributed by atoms with van der Waals surface area (Å²) < 4.78 is 14.9. The number of benzene rings is 2. The van der Waals surface area contributed by atoms with Gasteiger partial charge in [0.1, 0.15) is 5.82 Å². The molecule has 2 fully saturated rings. The molecule has 0 spiro atoms. The first-order chi connectivity index (χ1) is 18.6. The van der Waals surface area contributed by atoms with E-state index in [1.807, 2.05) is 12.1 Å². The molecule has 38 heavy (non-hydrogen) atoms. The van der Waals surface area contributed by atoms with Gasteiger partial charge in [-0.05, 0) is 85.3 Å². The first kappa shape index (κ1) is 29.6. The molecule has 0 radical (unpaired) electrons. The molecule has 0 aliphatic heterocycles. The number of hydrogen-bond donors (Lipinski definition) is 0. The Hall–Kier alpha value is -1.34. The van der Waals surface area contributed by atoms with Crippen LogP contribution in [0, 0.1) is 29.5 Å². The normalized spacial score (nSPS) is 24.0. The van der Waals surface area contributed by atoms with Crippen LogP contribution in [-0.2, 0) is 12.8 Å². The molecule has 0 amide bonds. The van der Waals surface area contributed by atoms with E-state index in [2.05, 4.69) is 38.1 Å². The lowest BCUT2D eigenvalue weighted by atomic mass is 9.68. The van der Waals surface area contributed by atoms with E-state index in [4.69, 9.17) is 11.6 Å². The third-order valence-corrected chi connectivity index (χ3v) is 10.4. The zero-order valence-corrected chi connectivity index (χ0v) is 25.0. The summed E-state index contributed by atoms with van der Waals surface area (Å²) in [4.78, 5) is 0. The van der Waals surface area contributed by atoms with Crippen LogP contribution in [0.4, 0.5) is 4.39 Å². The highest BCUT2D eigenvalue weighted by atomic mass is 35.5. The molecule has 2 aromatic carbocycles. The lowest BCUT2D eigenvalue weighted by molar-refractivity contribution is 0.140. The Balaban J connectivity index is 1.16. The third-order valence-electron chi connectivity index (χ3n) is 9.95. The van der Waals surface area contributed by atoms with Gasteiger partial charge >= 0.3 is 0 Å². The summed E-state index contributed by atoms with van der Waals surface area (Å²) in [7, 11) is 0. The molecule has 4 rings (SSSR count). The standard InChI is InChI=1S/C36H52ClF/c1-3-5-6-7-8-10-27-13-19-30(20-14-27)31-21-15-28(16-22-31)11-12-29-17-23-32(24-18-29)34-26-25-33(9-4-2)35(37)36(34)38/h17-18,23-28,30-31H,3-16,19-22H2,1-2H3. The maximum atomic E-state index is 14.9. The maximum Gasteiger partial charge on any atom is 0.149 e. The largest absolute Gasteiger partial charge is 0.205 e. The summed E-state index contributed by atoms with van der Waals surface area (Å²) in [5, 5.41) is 0.287. The summed E-state index contributed by atoms with van der Waals surface area (Å²) in [5.74, 6) is 3.65. The second-order valence-corrected chi connectivity index (χ2v) is 13.0. The van der Waals surface area contributed by atoms with E-state index in [1.165, 1.54) is 102 Å². The number of unbranched alkanes of at least 4 members (excludes halogenated alkanes) is 4. The molecule has 0 unspecified atom stereocenters. The van der Waals surface area contributed by atoms with Crippen molar-refractivity contribution in [3.05, 3.63) is 58.4 Å². The van der Waals surface area contributed by atoms with Gasteiger partial charge in [-0.1, -0.05) is 132 Å². The van der Waals surface area contributed by atoms with Crippen molar-refractivity contribution in [1.29, 1.82) is 0 Å². The Morgan fingerprint density at radius 1 is 0.658 bits per heavy atom. The van der Waals surface area contributed by atoms with Gasteiger partial charge in [0.2, 0.25) is 0 Å². The molecule has 0 saturated heterocycles. The van der Waals surface area contributed by atoms with Gasteiger partial charge in [0.15, 0.2) is 0 Å². The molecule has 2 heteroatoms. The Kier molecular flexibility index (Phi) is 12.0. The maximum absolute atomic E-state index is 14.9. The Morgan fingerprint density at radius 2 is 1.26 bits per heavy atom. The van der Waals surface area contributed by atoms with E-state index in [0.29, 0.717) is 5.56 Å². The van der Waals surface area contributed by atoms with Crippen molar-refractivity contribution in [1.82, 2.24) is 0 Å². The third kappa shape index (κ3) is 8.33. The molecule has 0 nitrogen and oxygen atoms in total. The minimum absolute atomic E-state index is 0.280. The Morgan fingerprint density at radius 3 is 1.87 bits per heavy atom. The van der Waals surface area contributed by atoms with E-state index < -0.39 is 0 Å². The molecule has 0 bridgehead atoms. The van der Waals surface area contributed by atoms with Crippen LogP contribution in [0.15, 0.2) is 36.4 Å². The average molecular weight is 539 g/mol. The van der Waals surface area contributed by atoms with Gasteiger partial charge in [-0.3, -0.25) is 0 Å². The van der Waals surface area contributed by atoms with Crippen LogP contribution in [0.25, 0.3) is 11.1 Å². The molecule has 0 N–H and O–H groups in total. The van der Waals surface area contributed by atoms with E-state index in [-0.39, 0.29) is 10.8 Å². The fraction of sp³-hybridized carbons (Fsp3) is 0.667. The smallest absolute Gasteiger partial charge is 0.149 e. The summed E-state index contributed by atoms with van der Waals surface area (Å²) in [6.07, 6.45) is 24.7. The van der Waals surface area contributed by atoms with Gasteiger partial charge in [-0.25, -0.2) is 4.39 Å². The average Bonchev–Trinajstić information content (AvgIpc) is 2.95. The van der Waals surface area contributed by atoms with Crippen LogP contribution < -0.4 is 0 Å². The first-order valence-electron chi connectivity index (χ1n) is 16.1. The van der Waals surface area contributed by atoms with E-state index in [1.54, 1.807) is 0 Å². The fourth-order valence-electron chi connectivity index (χ4n) is 7.43. The molecule has 0 atom stereocenters. The van der Waals surface area contributed by atoms with Crippen LogP contribution in [0.1, 0.15) is 128 Å². The highest BCUT2D eigenvalue weighted by Gasteiger charge is 2.30. The summed E-state index contributed by atoms with van der Waals surface area (Å²) in [6.45, 7) is 4.40. The van der Waals surface area contributed by atoms with Crippen molar-refractivity contribution >= 4 is 11.6 Å². The van der Waals surface area contributed by atoms with E-state index in [9.17, 15) is 4.39 Å². The van der Waals surface area contributed by atoms with Gasteiger partial charge in [0.25, 0.3) is 0 Å². The second-order valence-electron chi connectivity index (χ2n) is 12.7. The molecule has 2 saturated carbocycles. The SMILES string of the molecule is CCCCCCCC1CCC(C2CCC(CCc3ccc(-c4ccc(CCC)c(Cl)c4F)cc3)CC2)CC1. The van der Waals surface area contributed by atoms with Gasteiger partial charge in [-0.2, -0.15) is 0 Å². The quantitative estimate of drug-likeness (QED) is 0.222. The van der Waals surface area contributed by atoms with Crippen molar-refractivity contribution in [2.75, 3.05) is 0 Å². The van der Waals surface area contributed by atoms with Crippen molar-refractivity contribution in [3.63, 3.8) is 0 Å².